The summed E-state index contributed by atoms with van der Waals surface area (Å²) in [4.78, 5) is 0.149. The van der Waals surface area contributed by atoms with Gasteiger partial charge in [0.15, 0.2) is 0 Å². The Morgan fingerprint density at radius 2 is 2.00 bits per heavy atom. The minimum Gasteiger partial charge on any atom is -0.495 e. The van der Waals surface area contributed by atoms with Gasteiger partial charge in [-0.25, -0.2) is 8.42 Å². The molecular formula is C13H13Br2NO3S2. The van der Waals surface area contributed by atoms with Gasteiger partial charge in [-0.3, -0.25) is 0 Å². The maximum atomic E-state index is 12.7. The molecule has 0 aliphatic heterocycles. The van der Waals surface area contributed by atoms with Crippen LogP contribution < -0.4 is 4.74 Å². The minimum absolute atomic E-state index is 0.149. The number of hydrogen-bond donors (Lipinski definition) is 0. The summed E-state index contributed by atoms with van der Waals surface area (Å²) in [5, 5.41) is 1.92. The lowest BCUT2D eigenvalue weighted by molar-refractivity contribution is 0.397. The summed E-state index contributed by atoms with van der Waals surface area (Å²) >= 11 is 8.19. The average Bonchev–Trinajstić information content (AvgIpc) is 2.84. The van der Waals surface area contributed by atoms with Gasteiger partial charge in [0, 0.05) is 18.1 Å². The van der Waals surface area contributed by atoms with E-state index in [2.05, 4.69) is 31.9 Å². The molecule has 0 saturated heterocycles. The highest BCUT2D eigenvalue weighted by Crippen LogP contribution is 2.30. The minimum atomic E-state index is -3.63. The number of thiophene rings is 1. The number of nitrogens with zero attached hydrogens (tertiary/aromatic N) is 1. The Balaban J connectivity index is 2.35. The van der Waals surface area contributed by atoms with Crippen LogP contribution in [0.4, 0.5) is 0 Å². The van der Waals surface area contributed by atoms with E-state index in [1.165, 1.54) is 22.8 Å². The molecule has 4 nitrogen and oxygen atoms in total. The lowest BCUT2D eigenvalue weighted by atomic mass is 10.3. The Bertz CT molecular complexity index is 744. The fourth-order valence-corrected chi connectivity index (χ4v) is 4.84. The molecule has 0 radical (unpaired) electrons. The maximum Gasteiger partial charge on any atom is 0.246 e. The van der Waals surface area contributed by atoms with Crippen molar-refractivity contribution in [1.82, 2.24) is 4.31 Å². The number of rotatable bonds is 5. The summed E-state index contributed by atoms with van der Waals surface area (Å²) in [5.41, 5.74) is 0.937. The molecule has 0 bridgehead atoms. The number of hydrogen-bond acceptors (Lipinski definition) is 4. The Hall–Kier alpha value is -0.410. The van der Waals surface area contributed by atoms with E-state index >= 15 is 0 Å². The predicted molar refractivity (Wildman–Crippen MR) is 91.4 cm³/mol. The first-order valence-corrected chi connectivity index (χ1v) is 9.78. The van der Waals surface area contributed by atoms with Crippen LogP contribution >= 0.6 is 43.2 Å². The Kier molecular flexibility index (Phi) is 5.48. The number of halogens is 2. The Labute approximate surface area is 145 Å². The molecule has 1 aromatic heterocycles. The molecule has 114 valence electrons. The predicted octanol–water partition coefficient (Wildman–Crippen LogP) is 4.10. The second-order valence-corrected chi connectivity index (χ2v) is 9.53. The summed E-state index contributed by atoms with van der Waals surface area (Å²) in [6, 6.07) is 6.84. The van der Waals surface area contributed by atoms with E-state index in [1.807, 2.05) is 11.4 Å². The number of ether oxygens (including phenoxy) is 1. The van der Waals surface area contributed by atoms with Crippen molar-refractivity contribution >= 4 is 53.2 Å². The molecule has 21 heavy (non-hydrogen) atoms. The van der Waals surface area contributed by atoms with Crippen molar-refractivity contribution in [2.45, 2.75) is 11.4 Å². The zero-order valence-corrected chi connectivity index (χ0v) is 16.1. The van der Waals surface area contributed by atoms with Crippen LogP contribution in [0.25, 0.3) is 0 Å². The van der Waals surface area contributed by atoms with Crippen LogP contribution in [0.2, 0.25) is 0 Å². The number of methoxy groups -OCH3 is 1. The molecule has 1 heterocycles. The van der Waals surface area contributed by atoms with Crippen molar-refractivity contribution in [3.63, 3.8) is 0 Å². The second kappa shape index (κ2) is 6.78. The van der Waals surface area contributed by atoms with Crippen LogP contribution in [0.1, 0.15) is 5.56 Å². The van der Waals surface area contributed by atoms with E-state index in [9.17, 15) is 8.42 Å². The zero-order valence-electron chi connectivity index (χ0n) is 11.3. The fraction of sp³-hybridized carbons (Fsp3) is 0.231. The standard InChI is InChI=1S/C13H13Br2NO3S2/c1-16(7-9-5-13(15)20-8-9)21(17,18)12-6-10(14)3-4-11(12)19-2/h3-6,8H,7H2,1-2H3. The van der Waals surface area contributed by atoms with E-state index in [1.54, 1.807) is 25.2 Å². The molecule has 8 heteroatoms. The van der Waals surface area contributed by atoms with Gasteiger partial charge in [-0.05, 0) is 51.1 Å². The van der Waals surface area contributed by atoms with Crippen molar-refractivity contribution in [2.24, 2.45) is 0 Å². The highest BCUT2D eigenvalue weighted by molar-refractivity contribution is 9.11. The normalized spacial score (nSPS) is 11.9. The molecule has 0 aliphatic rings. The van der Waals surface area contributed by atoms with E-state index in [0.717, 1.165) is 9.35 Å². The van der Waals surface area contributed by atoms with Gasteiger partial charge in [0.25, 0.3) is 0 Å². The third-order valence-corrected chi connectivity index (χ3v) is 6.71. The monoisotopic (exact) mass is 453 g/mol. The molecule has 0 unspecified atom stereocenters. The van der Waals surface area contributed by atoms with Gasteiger partial charge in [0.1, 0.15) is 10.6 Å². The van der Waals surface area contributed by atoms with Crippen LogP contribution in [0.5, 0.6) is 5.75 Å². The fourth-order valence-electron chi connectivity index (χ4n) is 1.79. The molecule has 0 saturated carbocycles. The summed E-state index contributed by atoms with van der Waals surface area (Å²) in [7, 11) is -0.612. The topological polar surface area (TPSA) is 46.6 Å². The average molecular weight is 455 g/mol. The smallest absolute Gasteiger partial charge is 0.246 e. The molecular weight excluding hydrogens is 442 g/mol. The SMILES string of the molecule is COc1ccc(Br)cc1S(=O)(=O)N(C)Cc1csc(Br)c1. The number of sulfonamides is 1. The Morgan fingerprint density at radius 1 is 1.29 bits per heavy atom. The van der Waals surface area contributed by atoms with Crippen molar-refractivity contribution in [1.29, 1.82) is 0 Å². The highest BCUT2D eigenvalue weighted by Gasteiger charge is 2.25. The highest BCUT2D eigenvalue weighted by atomic mass is 79.9. The molecule has 0 fully saturated rings. The van der Waals surface area contributed by atoms with E-state index in [0.29, 0.717) is 16.8 Å². The molecule has 2 rings (SSSR count). The summed E-state index contributed by atoms with van der Waals surface area (Å²) in [6.07, 6.45) is 0. The Morgan fingerprint density at radius 3 is 2.57 bits per heavy atom. The second-order valence-electron chi connectivity index (χ2n) is 4.32. The summed E-state index contributed by atoms with van der Waals surface area (Å²) in [6.45, 7) is 0.306. The van der Waals surface area contributed by atoms with Crippen molar-refractivity contribution < 1.29 is 13.2 Å². The first-order chi connectivity index (χ1) is 9.84. The molecule has 0 atom stereocenters. The van der Waals surface area contributed by atoms with Gasteiger partial charge >= 0.3 is 0 Å². The maximum absolute atomic E-state index is 12.7. The van der Waals surface area contributed by atoms with Crippen LogP contribution in [-0.2, 0) is 16.6 Å². The lowest BCUT2D eigenvalue weighted by Gasteiger charge is -2.18. The van der Waals surface area contributed by atoms with Gasteiger partial charge in [-0.15, -0.1) is 11.3 Å². The van der Waals surface area contributed by atoms with E-state index < -0.39 is 10.0 Å². The lowest BCUT2D eigenvalue weighted by Crippen LogP contribution is -2.26. The van der Waals surface area contributed by atoms with Crippen LogP contribution in [0.15, 0.2) is 42.8 Å². The van der Waals surface area contributed by atoms with Crippen molar-refractivity contribution in [3.8, 4) is 5.75 Å². The first kappa shape index (κ1) is 17.0. The third kappa shape index (κ3) is 3.87. The van der Waals surface area contributed by atoms with Crippen molar-refractivity contribution in [3.05, 3.63) is 43.5 Å². The van der Waals surface area contributed by atoms with E-state index in [-0.39, 0.29) is 4.90 Å². The summed E-state index contributed by atoms with van der Waals surface area (Å²) in [5.74, 6) is 0.330. The van der Waals surface area contributed by atoms with Crippen LogP contribution in [0.3, 0.4) is 0 Å². The van der Waals surface area contributed by atoms with Gasteiger partial charge < -0.3 is 4.74 Å². The van der Waals surface area contributed by atoms with Gasteiger partial charge in [-0.2, -0.15) is 4.31 Å². The molecule has 1 aromatic carbocycles. The molecule has 0 aliphatic carbocycles. The first-order valence-electron chi connectivity index (χ1n) is 5.87. The summed E-state index contributed by atoms with van der Waals surface area (Å²) < 4.78 is 33.5. The van der Waals surface area contributed by atoms with Crippen molar-refractivity contribution in [2.75, 3.05) is 14.2 Å². The van der Waals surface area contributed by atoms with E-state index in [4.69, 9.17) is 4.74 Å². The molecule has 0 N–H and O–H groups in total. The molecule has 2 aromatic rings. The quantitative estimate of drug-likeness (QED) is 0.683. The molecule has 0 amide bonds. The van der Waals surface area contributed by atoms with Gasteiger partial charge in [0.2, 0.25) is 10.0 Å². The third-order valence-electron chi connectivity index (χ3n) is 2.84. The number of benzene rings is 1. The van der Waals surface area contributed by atoms with Crippen LogP contribution in [-0.4, -0.2) is 26.9 Å². The zero-order chi connectivity index (χ0) is 15.6. The molecule has 0 spiro atoms. The largest absolute Gasteiger partial charge is 0.495 e. The van der Waals surface area contributed by atoms with Gasteiger partial charge in [0.05, 0.1) is 10.9 Å². The van der Waals surface area contributed by atoms with Gasteiger partial charge in [-0.1, -0.05) is 15.9 Å². The van der Waals surface area contributed by atoms with Crippen LogP contribution in [0, 0.1) is 0 Å².